The maximum Gasteiger partial charge on any atom is 0.255 e. The van der Waals surface area contributed by atoms with Crippen molar-refractivity contribution < 1.29 is 9.90 Å². The summed E-state index contributed by atoms with van der Waals surface area (Å²) in [5.41, 5.74) is 7.18. The van der Waals surface area contributed by atoms with E-state index >= 15 is 0 Å². The number of aromatic hydroxyl groups is 1. The predicted molar refractivity (Wildman–Crippen MR) is 83.4 cm³/mol. The zero-order valence-electron chi connectivity index (χ0n) is 10.3. The number of nitrogens with two attached hydrogens (primary N) is 1. The van der Waals surface area contributed by atoms with Crippen LogP contribution in [-0.4, -0.2) is 16.0 Å². The van der Waals surface area contributed by atoms with Crippen molar-refractivity contribution in [2.45, 2.75) is 0 Å². The molecule has 0 aliphatic carbocycles. The van der Waals surface area contributed by atoms with Crippen LogP contribution in [0.2, 0.25) is 5.02 Å². The van der Waals surface area contributed by atoms with Crippen LogP contribution in [0, 0.1) is 0 Å². The number of nitrogens with one attached hydrogen (secondary N) is 1. The lowest BCUT2D eigenvalue weighted by Crippen LogP contribution is -2.13. The lowest BCUT2D eigenvalue weighted by molar-refractivity contribution is 0.102. The van der Waals surface area contributed by atoms with Crippen LogP contribution < -0.4 is 11.1 Å². The zero-order chi connectivity index (χ0) is 14.7. The van der Waals surface area contributed by atoms with Crippen molar-refractivity contribution in [3.8, 4) is 5.75 Å². The molecule has 0 fully saturated rings. The lowest BCUT2D eigenvalue weighted by atomic mass is 10.1. The highest BCUT2D eigenvalue weighted by molar-refractivity contribution is 7.80. The number of hydrogen-bond acceptors (Lipinski definition) is 3. The summed E-state index contributed by atoms with van der Waals surface area (Å²) < 4.78 is 0. The van der Waals surface area contributed by atoms with Gasteiger partial charge in [-0.15, -0.1) is 0 Å². The zero-order valence-corrected chi connectivity index (χ0v) is 11.8. The summed E-state index contributed by atoms with van der Waals surface area (Å²) in [5, 5.41) is 12.1. The molecule has 0 bridgehead atoms. The van der Waals surface area contributed by atoms with E-state index in [2.05, 4.69) is 5.32 Å². The normalized spacial score (nSPS) is 10.1. The Kier molecular flexibility index (Phi) is 4.22. The fourth-order valence-corrected chi connectivity index (χ4v) is 1.89. The van der Waals surface area contributed by atoms with E-state index in [0.29, 0.717) is 16.2 Å². The summed E-state index contributed by atoms with van der Waals surface area (Å²) in [7, 11) is 0. The second-order valence-corrected chi connectivity index (χ2v) is 4.91. The van der Waals surface area contributed by atoms with Gasteiger partial charge in [0.1, 0.15) is 10.7 Å². The predicted octanol–water partition coefficient (Wildman–Crippen LogP) is 2.93. The molecule has 0 atom stereocenters. The van der Waals surface area contributed by atoms with Gasteiger partial charge in [-0.05, 0) is 42.5 Å². The fraction of sp³-hybridized carbons (Fsp3) is 0. The molecule has 2 rings (SSSR count). The van der Waals surface area contributed by atoms with Gasteiger partial charge < -0.3 is 16.2 Å². The average molecular weight is 307 g/mol. The van der Waals surface area contributed by atoms with Crippen LogP contribution in [0.3, 0.4) is 0 Å². The summed E-state index contributed by atoms with van der Waals surface area (Å²) >= 11 is 10.6. The molecule has 0 radical (unpaired) electrons. The van der Waals surface area contributed by atoms with Gasteiger partial charge in [0.25, 0.3) is 5.91 Å². The van der Waals surface area contributed by atoms with E-state index < -0.39 is 0 Å². The highest BCUT2D eigenvalue weighted by Crippen LogP contribution is 2.24. The van der Waals surface area contributed by atoms with E-state index in [1.807, 2.05) is 0 Å². The van der Waals surface area contributed by atoms with Crippen molar-refractivity contribution in [3.05, 3.63) is 58.6 Å². The number of carbonyl (C=O) groups excluding carboxylic acids is 1. The maximum absolute atomic E-state index is 12.0. The Labute approximate surface area is 126 Å². The highest BCUT2D eigenvalue weighted by Gasteiger charge is 2.08. The molecule has 1 amide bonds. The van der Waals surface area contributed by atoms with Gasteiger partial charge in [0, 0.05) is 16.8 Å². The van der Waals surface area contributed by atoms with Crippen LogP contribution in [0.15, 0.2) is 42.5 Å². The number of benzene rings is 2. The van der Waals surface area contributed by atoms with Crippen molar-refractivity contribution in [3.63, 3.8) is 0 Å². The van der Waals surface area contributed by atoms with E-state index in [9.17, 15) is 9.90 Å². The summed E-state index contributed by atoms with van der Waals surface area (Å²) in [6, 6.07) is 11.1. The van der Waals surface area contributed by atoms with E-state index in [4.69, 9.17) is 29.6 Å². The molecule has 2 aromatic rings. The monoisotopic (exact) mass is 306 g/mol. The number of thiocarbonyl (C=S) groups is 1. The molecule has 20 heavy (non-hydrogen) atoms. The maximum atomic E-state index is 12.0. The molecule has 0 saturated carbocycles. The van der Waals surface area contributed by atoms with E-state index in [-0.39, 0.29) is 16.7 Å². The Bertz CT molecular complexity index is 671. The van der Waals surface area contributed by atoms with Crippen LogP contribution in [-0.2, 0) is 0 Å². The molecule has 102 valence electrons. The first-order valence-electron chi connectivity index (χ1n) is 5.67. The van der Waals surface area contributed by atoms with Crippen LogP contribution in [0.5, 0.6) is 5.75 Å². The second kappa shape index (κ2) is 5.90. The third-order valence-electron chi connectivity index (χ3n) is 2.64. The van der Waals surface area contributed by atoms with Crippen molar-refractivity contribution in [2.75, 3.05) is 5.32 Å². The molecule has 2 aromatic carbocycles. The first kappa shape index (κ1) is 14.3. The van der Waals surface area contributed by atoms with Crippen molar-refractivity contribution in [1.29, 1.82) is 0 Å². The van der Waals surface area contributed by atoms with Gasteiger partial charge in [0.05, 0.1) is 5.02 Å². The Morgan fingerprint density at radius 3 is 2.30 bits per heavy atom. The minimum Gasteiger partial charge on any atom is -0.506 e. The van der Waals surface area contributed by atoms with Gasteiger partial charge in [0.2, 0.25) is 0 Å². The number of amides is 1. The number of rotatable bonds is 3. The highest BCUT2D eigenvalue weighted by atomic mass is 35.5. The van der Waals surface area contributed by atoms with Gasteiger partial charge in [-0.3, -0.25) is 4.79 Å². The smallest absolute Gasteiger partial charge is 0.255 e. The number of carbonyl (C=O) groups is 1. The van der Waals surface area contributed by atoms with E-state index in [1.165, 1.54) is 18.2 Å². The topological polar surface area (TPSA) is 75.3 Å². The largest absolute Gasteiger partial charge is 0.506 e. The summed E-state index contributed by atoms with van der Waals surface area (Å²) in [6.45, 7) is 0. The van der Waals surface area contributed by atoms with Gasteiger partial charge in [0.15, 0.2) is 0 Å². The average Bonchev–Trinajstić information content (AvgIpc) is 2.42. The molecular weight excluding hydrogens is 296 g/mol. The molecule has 6 heteroatoms. The van der Waals surface area contributed by atoms with Crippen LogP contribution in [0.25, 0.3) is 0 Å². The first-order chi connectivity index (χ1) is 9.47. The van der Waals surface area contributed by atoms with Crippen molar-refractivity contribution in [1.82, 2.24) is 0 Å². The minimum atomic E-state index is -0.324. The Morgan fingerprint density at radius 1 is 1.15 bits per heavy atom. The van der Waals surface area contributed by atoms with Crippen molar-refractivity contribution in [2.24, 2.45) is 5.73 Å². The van der Waals surface area contributed by atoms with Crippen LogP contribution in [0.1, 0.15) is 15.9 Å². The molecule has 0 spiro atoms. The van der Waals surface area contributed by atoms with Gasteiger partial charge >= 0.3 is 0 Å². The molecule has 0 heterocycles. The van der Waals surface area contributed by atoms with Gasteiger partial charge in [-0.1, -0.05) is 23.8 Å². The lowest BCUT2D eigenvalue weighted by Gasteiger charge is -2.07. The van der Waals surface area contributed by atoms with E-state index in [0.717, 1.165) is 5.56 Å². The molecule has 4 N–H and O–H groups in total. The Hall–Kier alpha value is -2.11. The van der Waals surface area contributed by atoms with Crippen LogP contribution in [0.4, 0.5) is 5.69 Å². The van der Waals surface area contributed by atoms with Gasteiger partial charge in [-0.25, -0.2) is 0 Å². The third kappa shape index (κ3) is 3.26. The minimum absolute atomic E-state index is 0.0657. The summed E-state index contributed by atoms with van der Waals surface area (Å²) in [5.74, 6) is -0.390. The fourth-order valence-electron chi connectivity index (χ4n) is 1.57. The Balaban J connectivity index is 2.14. The summed E-state index contributed by atoms with van der Waals surface area (Å²) in [6.07, 6.45) is 0. The second-order valence-electron chi connectivity index (χ2n) is 4.06. The molecule has 0 unspecified atom stereocenters. The molecular formula is C14H11ClN2O2S. The molecule has 0 saturated heterocycles. The molecule has 4 nitrogen and oxygen atoms in total. The SMILES string of the molecule is NC(=S)c1ccc(NC(=O)c2ccc(O)c(Cl)c2)cc1. The number of halogens is 1. The number of hydrogen-bond donors (Lipinski definition) is 3. The Morgan fingerprint density at radius 2 is 1.75 bits per heavy atom. The third-order valence-corrected chi connectivity index (χ3v) is 3.18. The quantitative estimate of drug-likeness (QED) is 0.762. The molecule has 0 aliphatic rings. The van der Waals surface area contributed by atoms with Crippen molar-refractivity contribution >= 4 is 40.4 Å². The van der Waals surface area contributed by atoms with E-state index in [1.54, 1.807) is 24.3 Å². The molecule has 0 aliphatic heterocycles. The first-order valence-corrected chi connectivity index (χ1v) is 6.46. The molecule has 0 aromatic heterocycles. The standard InChI is InChI=1S/C14H11ClN2O2S/c15-11-7-9(3-6-12(11)18)14(19)17-10-4-1-8(2-5-10)13(16)20/h1-7,18H,(H2,16,20)(H,17,19). The van der Waals surface area contributed by atoms with Crippen LogP contribution >= 0.6 is 23.8 Å². The number of phenolic OH excluding ortho intramolecular Hbond substituents is 1. The summed E-state index contributed by atoms with van der Waals surface area (Å²) in [4.78, 5) is 12.3. The van der Waals surface area contributed by atoms with Gasteiger partial charge in [-0.2, -0.15) is 0 Å². The number of anilines is 1. The number of phenols is 1.